The second-order valence-electron chi connectivity index (χ2n) is 4.27. The van der Waals surface area contributed by atoms with E-state index in [-0.39, 0.29) is 5.88 Å². The maximum Gasteiger partial charge on any atom is 0.517 e. The molecule has 1 aromatic heterocycles. The molecule has 5 nitrogen and oxygen atoms in total. The highest BCUT2D eigenvalue weighted by Gasteiger charge is 2.15. The van der Waals surface area contributed by atoms with Gasteiger partial charge in [0.2, 0.25) is 12.2 Å². The molecule has 0 saturated heterocycles. The SMILES string of the molecule is CCC(OCc1ccccc1)OC(=O)Oc1ccccn1. The van der Waals surface area contributed by atoms with Crippen LogP contribution in [0.25, 0.3) is 0 Å². The molecule has 0 bridgehead atoms. The van der Waals surface area contributed by atoms with E-state index in [1.54, 1.807) is 18.2 Å². The number of benzene rings is 1. The molecule has 0 aliphatic heterocycles. The van der Waals surface area contributed by atoms with Gasteiger partial charge in [0.15, 0.2) is 0 Å². The lowest BCUT2D eigenvalue weighted by molar-refractivity contribution is -0.123. The minimum Gasteiger partial charge on any atom is -0.404 e. The van der Waals surface area contributed by atoms with Crippen molar-refractivity contribution in [2.45, 2.75) is 26.2 Å². The van der Waals surface area contributed by atoms with Crippen molar-refractivity contribution in [3.05, 3.63) is 60.3 Å². The lowest BCUT2D eigenvalue weighted by atomic mass is 10.2. The van der Waals surface area contributed by atoms with Crippen LogP contribution in [-0.2, 0) is 16.1 Å². The number of pyridine rings is 1. The summed E-state index contributed by atoms with van der Waals surface area (Å²) in [6.45, 7) is 2.24. The molecular formula is C16H17NO4. The number of nitrogens with zero attached hydrogens (tertiary/aromatic N) is 1. The highest BCUT2D eigenvalue weighted by atomic mass is 16.8. The number of rotatable bonds is 6. The Balaban J connectivity index is 1.80. The average molecular weight is 287 g/mol. The van der Waals surface area contributed by atoms with Crippen molar-refractivity contribution in [3.8, 4) is 5.88 Å². The fraction of sp³-hybridized carbons (Fsp3) is 0.250. The van der Waals surface area contributed by atoms with E-state index in [9.17, 15) is 4.79 Å². The second-order valence-corrected chi connectivity index (χ2v) is 4.27. The fourth-order valence-electron chi connectivity index (χ4n) is 1.62. The molecular weight excluding hydrogens is 270 g/mol. The van der Waals surface area contributed by atoms with Crippen molar-refractivity contribution >= 4 is 6.16 Å². The minimum atomic E-state index is -0.825. The van der Waals surface area contributed by atoms with Gasteiger partial charge in [0.25, 0.3) is 0 Å². The van der Waals surface area contributed by atoms with Crippen LogP contribution in [0.15, 0.2) is 54.7 Å². The van der Waals surface area contributed by atoms with Crippen molar-refractivity contribution in [2.24, 2.45) is 0 Å². The Morgan fingerprint density at radius 2 is 1.90 bits per heavy atom. The summed E-state index contributed by atoms with van der Waals surface area (Å²) in [7, 11) is 0. The molecule has 110 valence electrons. The van der Waals surface area contributed by atoms with Crippen molar-refractivity contribution in [1.82, 2.24) is 4.98 Å². The van der Waals surface area contributed by atoms with Gasteiger partial charge in [-0.1, -0.05) is 43.3 Å². The molecule has 0 N–H and O–H groups in total. The van der Waals surface area contributed by atoms with E-state index in [1.165, 1.54) is 6.20 Å². The lowest BCUT2D eigenvalue weighted by Gasteiger charge is -2.16. The zero-order valence-corrected chi connectivity index (χ0v) is 11.8. The van der Waals surface area contributed by atoms with E-state index in [0.717, 1.165) is 5.56 Å². The van der Waals surface area contributed by atoms with Crippen LogP contribution in [0, 0.1) is 0 Å². The van der Waals surface area contributed by atoms with Crippen LogP contribution in [0.1, 0.15) is 18.9 Å². The minimum absolute atomic E-state index is 0.195. The van der Waals surface area contributed by atoms with Crippen molar-refractivity contribution in [3.63, 3.8) is 0 Å². The Morgan fingerprint density at radius 3 is 2.57 bits per heavy atom. The van der Waals surface area contributed by atoms with Gasteiger partial charge in [-0.05, 0) is 11.6 Å². The molecule has 1 atom stereocenters. The predicted molar refractivity (Wildman–Crippen MR) is 76.7 cm³/mol. The largest absolute Gasteiger partial charge is 0.517 e. The Hall–Kier alpha value is -2.40. The smallest absolute Gasteiger partial charge is 0.404 e. The Labute approximate surface area is 123 Å². The number of carbonyl (C=O) groups excluding carboxylic acids is 1. The number of aromatic nitrogens is 1. The highest BCUT2D eigenvalue weighted by Crippen LogP contribution is 2.10. The molecule has 0 amide bonds. The molecule has 1 heterocycles. The first-order valence-corrected chi connectivity index (χ1v) is 6.73. The van der Waals surface area contributed by atoms with Crippen LogP contribution in [0.4, 0.5) is 4.79 Å². The van der Waals surface area contributed by atoms with E-state index in [0.29, 0.717) is 13.0 Å². The second kappa shape index (κ2) is 8.01. The zero-order valence-electron chi connectivity index (χ0n) is 11.8. The summed E-state index contributed by atoms with van der Waals surface area (Å²) < 4.78 is 15.6. The summed E-state index contributed by atoms with van der Waals surface area (Å²) in [5.74, 6) is 0.195. The lowest BCUT2D eigenvalue weighted by Crippen LogP contribution is -2.23. The first-order valence-electron chi connectivity index (χ1n) is 6.73. The Kier molecular flexibility index (Phi) is 5.72. The first-order chi connectivity index (χ1) is 10.3. The summed E-state index contributed by atoms with van der Waals surface area (Å²) in [6, 6.07) is 14.7. The van der Waals surface area contributed by atoms with Crippen LogP contribution in [0.3, 0.4) is 0 Å². The number of ether oxygens (including phenoxy) is 3. The first kappa shape index (κ1) is 15.0. The summed E-state index contributed by atoms with van der Waals surface area (Å²) in [4.78, 5) is 15.5. The fourth-order valence-corrected chi connectivity index (χ4v) is 1.62. The maximum atomic E-state index is 11.6. The van der Waals surface area contributed by atoms with Gasteiger partial charge in [-0.3, -0.25) is 0 Å². The summed E-state index contributed by atoms with van der Waals surface area (Å²) >= 11 is 0. The molecule has 2 rings (SSSR count). The van der Waals surface area contributed by atoms with Gasteiger partial charge < -0.3 is 14.2 Å². The van der Waals surface area contributed by atoms with Crippen LogP contribution < -0.4 is 4.74 Å². The van der Waals surface area contributed by atoms with E-state index >= 15 is 0 Å². The number of hydrogen-bond donors (Lipinski definition) is 0. The normalized spacial score (nSPS) is 11.7. The van der Waals surface area contributed by atoms with Crippen molar-refractivity contribution in [1.29, 1.82) is 0 Å². The van der Waals surface area contributed by atoms with Crippen molar-refractivity contribution in [2.75, 3.05) is 0 Å². The molecule has 5 heteroatoms. The Bertz CT molecular complexity index is 545. The average Bonchev–Trinajstić information content (AvgIpc) is 2.53. The molecule has 0 aliphatic rings. The quantitative estimate of drug-likeness (QED) is 0.600. The molecule has 0 saturated carbocycles. The molecule has 0 spiro atoms. The molecule has 1 aromatic carbocycles. The van der Waals surface area contributed by atoms with Gasteiger partial charge >= 0.3 is 6.16 Å². The van der Waals surface area contributed by atoms with Gasteiger partial charge in [-0.25, -0.2) is 9.78 Å². The molecule has 21 heavy (non-hydrogen) atoms. The Morgan fingerprint density at radius 1 is 1.14 bits per heavy atom. The van der Waals surface area contributed by atoms with Crippen molar-refractivity contribution < 1.29 is 19.0 Å². The monoisotopic (exact) mass is 287 g/mol. The van der Waals surface area contributed by atoms with E-state index in [4.69, 9.17) is 14.2 Å². The van der Waals surface area contributed by atoms with Crippen LogP contribution in [0.5, 0.6) is 5.88 Å². The summed E-state index contributed by atoms with van der Waals surface area (Å²) in [6.07, 6.45) is 0.589. The topological polar surface area (TPSA) is 57.7 Å². The number of carbonyl (C=O) groups is 1. The highest BCUT2D eigenvalue weighted by molar-refractivity contribution is 5.63. The third-order valence-corrected chi connectivity index (χ3v) is 2.67. The van der Waals surface area contributed by atoms with E-state index in [1.807, 2.05) is 37.3 Å². The third kappa shape index (κ3) is 5.24. The van der Waals surface area contributed by atoms with Gasteiger partial charge in [0.05, 0.1) is 6.61 Å². The van der Waals surface area contributed by atoms with Gasteiger partial charge in [0.1, 0.15) is 0 Å². The third-order valence-electron chi connectivity index (χ3n) is 2.67. The number of hydrogen-bond acceptors (Lipinski definition) is 5. The van der Waals surface area contributed by atoms with Crippen LogP contribution >= 0.6 is 0 Å². The van der Waals surface area contributed by atoms with Gasteiger partial charge in [0, 0.05) is 18.7 Å². The molecule has 0 fully saturated rings. The van der Waals surface area contributed by atoms with Gasteiger partial charge in [-0.15, -0.1) is 0 Å². The summed E-state index contributed by atoms with van der Waals surface area (Å²) in [5, 5.41) is 0. The summed E-state index contributed by atoms with van der Waals surface area (Å²) in [5.41, 5.74) is 1.01. The standard InChI is InChI=1S/C16H17NO4/c1-2-15(19-12-13-8-4-3-5-9-13)21-16(18)20-14-10-6-7-11-17-14/h3-11,15H,2,12H2,1H3. The molecule has 0 radical (unpaired) electrons. The molecule has 0 aliphatic carbocycles. The predicted octanol–water partition coefficient (Wildman–Crippen LogP) is 3.55. The van der Waals surface area contributed by atoms with Crippen LogP contribution in [0.2, 0.25) is 0 Å². The zero-order chi connectivity index (χ0) is 14.9. The molecule has 1 unspecified atom stereocenters. The van der Waals surface area contributed by atoms with E-state index in [2.05, 4.69) is 4.98 Å². The maximum absolute atomic E-state index is 11.6. The van der Waals surface area contributed by atoms with Crippen LogP contribution in [-0.4, -0.2) is 17.4 Å². The van der Waals surface area contributed by atoms with E-state index < -0.39 is 12.4 Å². The van der Waals surface area contributed by atoms with Gasteiger partial charge in [-0.2, -0.15) is 0 Å². The molecule has 2 aromatic rings.